The molecule has 15 heavy (non-hydrogen) atoms. The van der Waals surface area contributed by atoms with Crippen LogP contribution in [0.1, 0.15) is 11.3 Å². The van der Waals surface area contributed by atoms with Gasteiger partial charge < -0.3 is 5.73 Å². The fourth-order valence-electron chi connectivity index (χ4n) is 1.68. The van der Waals surface area contributed by atoms with Crippen LogP contribution in [-0.4, -0.2) is 9.97 Å². The number of hydrogen-bond acceptors (Lipinski definition) is 3. The molecular formula is C12H13N3. The molecule has 0 bridgehead atoms. The topological polar surface area (TPSA) is 51.8 Å². The van der Waals surface area contributed by atoms with Crippen LogP contribution in [0.4, 0.5) is 5.82 Å². The molecule has 0 aliphatic heterocycles. The third kappa shape index (κ3) is 1.68. The highest BCUT2D eigenvalue weighted by atomic mass is 14.9. The van der Waals surface area contributed by atoms with E-state index in [9.17, 15) is 0 Å². The summed E-state index contributed by atoms with van der Waals surface area (Å²) in [6.45, 7) is 4.00. The van der Waals surface area contributed by atoms with Crippen LogP contribution < -0.4 is 5.73 Å². The fourth-order valence-corrected chi connectivity index (χ4v) is 1.68. The van der Waals surface area contributed by atoms with Gasteiger partial charge in [-0.15, -0.1) is 0 Å². The first-order valence-electron chi connectivity index (χ1n) is 4.83. The smallest absolute Gasteiger partial charge is 0.134 e. The van der Waals surface area contributed by atoms with Crippen LogP contribution in [0.3, 0.4) is 0 Å². The summed E-state index contributed by atoms with van der Waals surface area (Å²) in [5.74, 6) is 0.539. The Bertz CT molecular complexity index is 472. The van der Waals surface area contributed by atoms with Crippen molar-refractivity contribution < 1.29 is 0 Å². The van der Waals surface area contributed by atoms with E-state index in [-0.39, 0.29) is 0 Å². The number of nitrogen functional groups attached to an aromatic ring is 1. The van der Waals surface area contributed by atoms with Crippen molar-refractivity contribution in [2.45, 2.75) is 13.8 Å². The Morgan fingerprint density at radius 2 is 1.80 bits per heavy atom. The Labute approximate surface area is 89.0 Å². The van der Waals surface area contributed by atoms with Gasteiger partial charge in [-0.3, -0.25) is 0 Å². The Hall–Kier alpha value is -1.90. The Morgan fingerprint density at radius 1 is 1.07 bits per heavy atom. The van der Waals surface area contributed by atoms with Crippen molar-refractivity contribution in [3.05, 3.63) is 41.9 Å². The number of rotatable bonds is 1. The van der Waals surface area contributed by atoms with Crippen LogP contribution in [0, 0.1) is 13.8 Å². The molecule has 0 amide bonds. The Kier molecular flexibility index (Phi) is 2.37. The lowest BCUT2D eigenvalue weighted by Gasteiger charge is -2.09. The van der Waals surface area contributed by atoms with Gasteiger partial charge in [-0.2, -0.15) is 0 Å². The molecule has 0 saturated heterocycles. The molecule has 0 saturated carbocycles. The van der Waals surface area contributed by atoms with Gasteiger partial charge in [-0.1, -0.05) is 24.3 Å². The van der Waals surface area contributed by atoms with Crippen molar-refractivity contribution in [3.63, 3.8) is 0 Å². The Morgan fingerprint density at radius 3 is 2.47 bits per heavy atom. The van der Waals surface area contributed by atoms with Crippen LogP contribution in [-0.2, 0) is 0 Å². The van der Waals surface area contributed by atoms with Gasteiger partial charge in [0.05, 0.1) is 5.69 Å². The lowest BCUT2D eigenvalue weighted by Crippen LogP contribution is -1.99. The average molecular weight is 199 g/mol. The van der Waals surface area contributed by atoms with E-state index in [2.05, 4.69) is 23.0 Å². The summed E-state index contributed by atoms with van der Waals surface area (Å²) in [4.78, 5) is 8.19. The van der Waals surface area contributed by atoms with Crippen molar-refractivity contribution in [1.82, 2.24) is 9.97 Å². The normalized spacial score (nSPS) is 10.3. The van der Waals surface area contributed by atoms with Crippen molar-refractivity contribution in [3.8, 4) is 11.1 Å². The van der Waals surface area contributed by atoms with Gasteiger partial charge in [0.2, 0.25) is 0 Å². The van der Waals surface area contributed by atoms with Gasteiger partial charge in [0.1, 0.15) is 12.1 Å². The number of benzene rings is 1. The van der Waals surface area contributed by atoms with E-state index in [0.29, 0.717) is 5.82 Å². The molecule has 1 heterocycles. The zero-order valence-electron chi connectivity index (χ0n) is 8.86. The predicted molar refractivity (Wildman–Crippen MR) is 61.4 cm³/mol. The molecule has 0 spiro atoms. The molecule has 76 valence electrons. The molecule has 0 atom stereocenters. The predicted octanol–water partition coefficient (Wildman–Crippen LogP) is 2.34. The molecule has 0 fully saturated rings. The fraction of sp³-hybridized carbons (Fsp3) is 0.167. The summed E-state index contributed by atoms with van der Waals surface area (Å²) in [6.07, 6.45) is 1.49. The molecule has 0 aliphatic carbocycles. The number of aryl methyl sites for hydroxylation is 2. The number of aromatic nitrogens is 2. The van der Waals surface area contributed by atoms with Crippen LogP contribution in [0.5, 0.6) is 0 Å². The Balaban J connectivity index is 2.69. The van der Waals surface area contributed by atoms with Crippen LogP contribution in [0.25, 0.3) is 11.1 Å². The SMILES string of the molecule is Cc1ccccc1-c1c(C)ncnc1N. The highest BCUT2D eigenvalue weighted by Gasteiger charge is 2.09. The number of nitrogens with zero attached hydrogens (tertiary/aromatic N) is 2. The second-order valence-corrected chi connectivity index (χ2v) is 3.53. The summed E-state index contributed by atoms with van der Waals surface area (Å²) >= 11 is 0. The highest BCUT2D eigenvalue weighted by molar-refractivity contribution is 5.77. The van der Waals surface area contributed by atoms with Gasteiger partial charge in [0.25, 0.3) is 0 Å². The average Bonchev–Trinajstić information content (AvgIpc) is 2.20. The van der Waals surface area contributed by atoms with E-state index >= 15 is 0 Å². The molecule has 2 N–H and O–H groups in total. The van der Waals surface area contributed by atoms with E-state index in [1.165, 1.54) is 11.9 Å². The van der Waals surface area contributed by atoms with E-state index in [0.717, 1.165) is 16.8 Å². The van der Waals surface area contributed by atoms with Gasteiger partial charge in [0.15, 0.2) is 0 Å². The lowest BCUT2D eigenvalue weighted by molar-refractivity contribution is 1.11. The van der Waals surface area contributed by atoms with Gasteiger partial charge >= 0.3 is 0 Å². The number of anilines is 1. The van der Waals surface area contributed by atoms with E-state index in [1.807, 2.05) is 25.1 Å². The minimum Gasteiger partial charge on any atom is -0.383 e. The van der Waals surface area contributed by atoms with Crippen molar-refractivity contribution in [2.24, 2.45) is 0 Å². The molecule has 1 aromatic carbocycles. The number of hydrogen-bond donors (Lipinski definition) is 1. The molecular weight excluding hydrogens is 186 g/mol. The van der Waals surface area contributed by atoms with Gasteiger partial charge in [-0.25, -0.2) is 9.97 Å². The summed E-state index contributed by atoms with van der Waals surface area (Å²) in [5, 5.41) is 0. The summed E-state index contributed by atoms with van der Waals surface area (Å²) in [7, 11) is 0. The molecule has 3 heteroatoms. The monoisotopic (exact) mass is 199 g/mol. The zero-order chi connectivity index (χ0) is 10.8. The van der Waals surface area contributed by atoms with Gasteiger partial charge in [0, 0.05) is 5.56 Å². The molecule has 1 aromatic heterocycles. The molecule has 2 rings (SSSR count). The highest BCUT2D eigenvalue weighted by Crippen LogP contribution is 2.28. The second-order valence-electron chi connectivity index (χ2n) is 3.53. The van der Waals surface area contributed by atoms with Crippen molar-refractivity contribution >= 4 is 5.82 Å². The van der Waals surface area contributed by atoms with Crippen molar-refractivity contribution in [1.29, 1.82) is 0 Å². The third-order valence-corrected chi connectivity index (χ3v) is 2.48. The molecule has 0 aliphatic rings. The summed E-state index contributed by atoms with van der Waals surface area (Å²) in [5.41, 5.74) is 10.0. The molecule has 3 nitrogen and oxygen atoms in total. The van der Waals surface area contributed by atoms with Crippen LogP contribution in [0.2, 0.25) is 0 Å². The third-order valence-electron chi connectivity index (χ3n) is 2.48. The first-order chi connectivity index (χ1) is 7.20. The minimum atomic E-state index is 0.539. The van der Waals surface area contributed by atoms with E-state index < -0.39 is 0 Å². The maximum Gasteiger partial charge on any atom is 0.134 e. The van der Waals surface area contributed by atoms with Gasteiger partial charge in [-0.05, 0) is 25.0 Å². The lowest BCUT2D eigenvalue weighted by atomic mass is 10.00. The quantitative estimate of drug-likeness (QED) is 0.767. The largest absolute Gasteiger partial charge is 0.383 e. The first kappa shape index (κ1) is 9.65. The zero-order valence-corrected chi connectivity index (χ0v) is 8.86. The maximum atomic E-state index is 5.87. The molecule has 2 aromatic rings. The standard InChI is InChI=1S/C12H13N3/c1-8-5-3-4-6-10(8)11-9(2)14-7-15-12(11)13/h3-7H,1-2H3,(H2,13,14,15). The van der Waals surface area contributed by atoms with Crippen LogP contribution >= 0.6 is 0 Å². The summed E-state index contributed by atoms with van der Waals surface area (Å²) < 4.78 is 0. The van der Waals surface area contributed by atoms with E-state index in [4.69, 9.17) is 5.73 Å². The minimum absolute atomic E-state index is 0.539. The summed E-state index contributed by atoms with van der Waals surface area (Å²) in [6, 6.07) is 8.10. The van der Waals surface area contributed by atoms with E-state index in [1.54, 1.807) is 0 Å². The first-order valence-corrected chi connectivity index (χ1v) is 4.83. The number of nitrogens with two attached hydrogens (primary N) is 1. The second kappa shape index (κ2) is 3.69. The van der Waals surface area contributed by atoms with Crippen molar-refractivity contribution in [2.75, 3.05) is 5.73 Å². The molecule has 0 unspecified atom stereocenters. The maximum absolute atomic E-state index is 5.87. The van der Waals surface area contributed by atoms with Crippen LogP contribution in [0.15, 0.2) is 30.6 Å². The molecule has 0 radical (unpaired) electrons.